The monoisotopic (exact) mass is 209 g/mol. The zero-order valence-corrected chi connectivity index (χ0v) is 9.23. The summed E-state index contributed by atoms with van der Waals surface area (Å²) >= 11 is 0. The Hall–Kier alpha value is -1.89. The molecule has 0 saturated carbocycles. The lowest BCUT2D eigenvalue weighted by atomic mass is 10.0. The Morgan fingerprint density at radius 1 is 1.12 bits per heavy atom. The molecule has 0 bridgehead atoms. The molecule has 0 aromatic heterocycles. The fourth-order valence-electron chi connectivity index (χ4n) is 1.62. The molecule has 0 amide bonds. The van der Waals surface area contributed by atoms with Gasteiger partial charge >= 0.3 is 0 Å². The van der Waals surface area contributed by atoms with Gasteiger partial charge < -0.3 is 0 Å². The maximum atomic E-state index is 11.1. The van der Waals surface area contributed by atoms with Crippen LogP contribution < -0.4 is 0 Å². The summed E-state index contributed by atoms with van der Waals surface area (Å²) in [5.41, 5.74) is 3.13. The van der Waals surface area contributed by atoms with Gasteiger partial charge in [-0.3, -0.25) is 4.79 Å². The molecule has 0 N–H and O–H groups in total. The largest absolute Gasteiger partial charge is 0.295 e. The van der Waals surface area contributed by atoms with Gasteiger partial charge in [0.15, 0.2) is 5.78 Å². The number of carbonyl (C=O) groups is 1. The predicted octanol–water partition coefficient (Wildman–Crippen LogP) is 3.28. The van der Waals surface area contributed by atoms with Crippen molar-refractivity contribution < 1.29 is 4.79 Å². The summed E-state index contributed by atoms with van der Waals surface area (Å²) in [7, 11) is 0. The molecule has 1 heteroatoms. The lowest BCUT2D eigenvalue weighted by Crippen LogP contribution is -1.93. The van der Waals surface area contributed by atoms with E-state index in [1.165, 1.54) is 5.56 Å². The van der Waals surface area contributed by atoms with E-state index in [-0.39, 0.29) is 5.78 Å². The standard InChI is InChI=1S/C15H13O/c1-12(16)15-9-7-14(8-10-15)11-13-5-3-2-4-6-13/h2-5,7-10H,11H2,1H3. The second kappa shape index (κ2) is 4.75. The molecule has 0 aliphatic rings. The van der Waals surface area contributed by atoms with E-state index in [9.17, 15) is 4.79 Å². The first-order valence-electron chi connectivity index (χ1n) is 5.31. The van der Waals surface area contributed by atoms with E-state index in [0.29, 0.717) is 0 Å². The summed E-state index contributed by atoms with van der Waals surface area (Å²) in [5, 5.41) is 0. The van der Waals surface area contributed by atoms with Crippen LogP contribution in [-0.4, -0.2) is 5.78 Å². The number of carbonyl (C=O) groups excluding carboxylic acids is 1. The summed E-state index contributed by atoms with van der Waals surface area (Å²) in [6, 6.07) is 18.9. The zero-order valence-electron chi connectivity index (χ0n) is 9.23. The fraction of sp³-hybridized carbons (Fsp3) is 0.133. The van der Waals surface area contributed by atoms with Crippen LogP contribution in [0.3, 0.4) is 0 Å². The zero-order chi connectivity index (χ0) is 11.4. The number of ketones is 1. The number of rotatable bonds is 3. The summed E-state index contributed by atoms with van der Waals surface area (Å²) < 4.78 is 0. The van der Waals surface area contributed by atoms with E-state index in [4.69, 9.17) is 0 Å². The van der Waals surface area contributed by atoms with Crippen molar-refractivity contribution in [2.75, 3.05) is 0 Å². The smallest absolute Gasteiger partial charge is 0.159 e. The molecular weight excluding hydrogens is 196 g/mol. The molecule has 2 aromatic carbocycles. The van der Waals surface area contributed by atoms with Crippen LogP contribution in [0.2, 0.25) is 0 Å². The van der Waals surface area contributed by atoms with E-state index in [1.54, 1.807) is 6.92 Å². The van der Waals surface area contributed by atoms with Gasteiger partial charge in [-0.1, -0.05) is 48.5 Å². The summed E-state index contributed by atoms with van der Waals surface area (Å²) in [6.07, 6.45) is 0.860. The van der Waals surface area contributed by atoms with Gasteiger partial charge in [0.25, 0.3) is 0 Å². The third-order valence-corrected chi connectivity index (χ3v) is 2.53. The second-order valence-electron chi connectivity index (χ2n) is 3.82. The SMILES string of the molecule is CC(=O)c1ccc(Cc2[c]cccc2)cc1. The molecule has 1 radical (unpaired) electrons. The van der Waals surface area contributed by atoms with Crippen LogP contribution in [0, 0.1) is 6.07 Å². The average Bonchev–Trinajstić information content (AvgIpc) is 2.31. The second-order valence-corrected chi connectivity index (χ2v) is 3.82. The summed E-state index contributed by atoms with van der Waals surface area (Å²) in [4.78, 5) is 11.1. The molecule has 0 saturated heterocycles. The maximum Gasteiger partial charge on any atom is 0.159 e. The maximum absolute atomic E-state index is 11.1. The highest BCUT2D eigenvalue weighted by atomic mass is 16.1. The first-order chi connectivity index (χ1) is 7.75. The minimum atomic E-state index is 0.109. The van der Waals surface area contributed by atoms with E-state index in [1.807, 2.05) is 42.5 Å². The number of hydrogen-bond donors (Lipinski definition) is 0. The van der Waals surface area contributed by atoms with Crippen LogP contribution in [0.25, 0.3) is 0 Å². The van der Waals surface area contributed by atoms with Crippen molar-refractivity contribution in [3.8, 4) is 0 Å². The number of benzene rings is 2. The Morgan fingerprint density at radius 2 is 1.88 bits per heavy atom. The van der Waals surface area contributed by atoms with Gasteiger partial charge in [0.05, 0.1) is 0 Å². The Labute approximate surface area is 95.7 Å². The van der Waals surface area contributed by atoms with Crippen molar-refractivity contribution in [2.24, 2.45) is 0 Å². The van der Waals surface area contributed by atoms with E-state index >= 15 is 0 Å². The molecule has 0 fully saturated rings. The summed E-state index contributed by atoms with van der Waals surface area (Å²) in [5.74, 6) is 0.109. The van der Waals surface area contributed by atoms with Crippen molar-refractivity contribution in [3.63, 3.8) is 0 Å². The Bertz CT molecular complexity index is 469. The quantitative estimate of drug-likeness (QED) is 0.709. The van der Waals surface area contributed by atoms with Crippen LogP contribution in [0.5, 0.6) is 0 Å². The molecule has 1 nitrogen and oxygen atoms in total. The first-order valence-corrected chi connectivity index (χ1v) is 5.31. The van der Waals surface area contributed by atoms with Crippen molar-refractivity contribution >= 4 is 5.78 Å². The lowest BCUT2D eigenvalue weighted by molar-refractivity contribution is 0.101. The normalized spacial score (nSPS) is 10.1. The van der Waals surface area contributed by atoms with E-state index < -0.39 is 0 Å². The van der Waals surface area contributed by atoms with E-state index in [2.05, 4.69) is 12.1 Å². The predicted molar refractivity (Wildman–Crippen MR) is 64.5 cm³/mol. The van der Waals surface area contributed by atoms with Crippen molar-refractivity contribution in [1.82, 2.24) is 0 Å². The third-order valence-electron chi connectivity index (χ3n) is 2.53. The van der Waals surface area contributed by atoms with Crippen LogP contribution in [0.15, 0.2) is 48.5 Å². The highest BCUT2D eigenvalue weighted by Crippen LogP contribution is 2.10. The molecule has 0 unspecified atom stereocenters. The number of hydrogen-bond acceptors (Lipinski definition) is 1. The minimum Gasteiger partial charge on any atom is -0.295 e. The topological polar surface area (TPSA) is 17.1 Å². The fourth-order valence-corrected chi connectivity index (χ4v) is 1.62. The van der Waals surface area contributed by atoms with Crippen LogP contribution in [-0.2, 0) is 6.42 Å². The van der Waals surface area contributed by atoms with Gasteiger partial charge in [-0.15, -0.1) is 0 Å². The molecule has 0 aliphatic carbocycles. The molecule has 2 rings (SSSR count). The van der Waals surface area contributed by atoms with Gasteiger partial charge in [0.1, 0.15) is 0 Å². The van der Waals surface area contributed by atoms with Gasteiger partial charge in [-0.05, 0) is 30.5 Å². The molecule has 16 heavy (non-hydrogen) atoms. The Balaban J connectivity index is 2.14. The molecular formula is C15H13O. The van der Waals surface area contributed by atoms with Crippen LogP contribution >= 0.6 is 0 Å². The Morgan fingerprint density at radius 3 is 2.44 bits per heavy atom. The molecule has 0 heterocycles. The van der Waals surface area contributed by atoms with Gasteiger partial charge in [0, 0.05) is 5.56 Å². The molecule has 0 atom stereocenters. The van der Waals surface area contributed by atoms with Crippen molar-refractivity contribution in [2.45, 2.75) is 13.3 Å². The van der Waals surface area contributed by atoms with Crippen molar-refractivity contribution in [3.05, 3.63) is 71.3 Å². The van der Waals surface area contributed by atoms with Crippen LogP contribution in [0.4, 0.5) is 0 Å². The molecule has 2 aromatic rings. The average molecular weight is 209 g/mol. The van der Waals surface area contributed by atoms with E-state index in [0.717, 1.165) is 17.5 Å². The Kier molecular flexibility index (Phi) is 3.16. The third kappa shape index (κ3) is 2.57. The van der Waals surface area contributed by atoms with Crippen LogP contribution in [0.1, 0.15) is 28.4 Å². The highest BCUT2D eigenvalue weighted by Gasteiger charge is 1.99. The number of Topliss-reactive ketones (excluding diaryl/α,β-unsaturated/α-hetero) is 1. The lowest BCUT2D eigenvalue weighted by Gasteiger charge is -2.02. The van der Waals surface area contributed by atoms with Gasteiger partial charge in [0.2, 0.25) is 0 Å². The van der Waals surface area contributed by atoms with Gasteiger partial charge in [-0.25, -0.2) is 0 Å². The van der Waals surface area contributed by atoms with Crippen molar-refractivity contribution in [1.29, 1.82) is 0 Å². The van der Waals surface area contributed by atoms with Gasteiger partial charge in [-0.2, -0.15) is 0 Å². The highest BCUT2D eigenvalue weighted by molar-refractivity contribution is 5.94. The first kappa shape index (κ1) is 10.6. The summed E-state index contributed by atoms with van der Waals surface area (Å²) in [6.45, 7) is 1.58. The molecule has 79 valence electrons. The molecule has 0 aliphatic heterocycles. The minimum absolute atomic E-state index is 0.109. The molecule has 0 spiro atoms.